The highest BCUT2D eigenvalue weighted by molar-refractivity contribution is 5.77. The molecule has 1 atom stereocenters. The molecule has 0 radical (unpaired) electrons. The second-order valence-electron chi connectivity index (χ2n) is 8.12. The van der Waals surface area contributed by atoms with Gasteiger partial charge in [0.25, 0.3) is 0 Å². The summed E-state index contributed by atoms with van der Waals surface area (Å²) in [6.45, 7) is 0.952. The predicted octanol–water partition coefficient (Wildman–Crippen LogP) is 5.19. The van der Waals surface area contributed by atoms with E-state index in [1.165, 1.54) is 24.1 Å². The highest BCUT2D eigenvalue weighted by atomic mass is 19.1. The second-order valence-corrected chi connectivity index (χ2v) is 8.12. The lowest BCUT2D eigenvalue weighted by Gasteiger charge is -2.29. The average molecular weight is 462 g/mol. The first kappa shape index (κ1) is 21.7. The van der Waals surface area contributed by atoms with E-state index in [1.54, 1.807) is 30.6 Å². The fourth-order valence-corrected chi connectivity index (χ4v) is 4.36. The van der Waals surface area contributed by atoms with Crippen molar-refractivity contribution in [1.29, 1.82) is 0 Å². The standard InChI is InChI=1S/C25H23FN4O4/c1-33-20-5-2-6-21(22(20)26)34-18-9-7-16(8-10-18)23-19-14-27-11-13-30(19)24(28-23)17-4-3-12-29(15-17)25(31)32/h2,5-11,13-14,17H,3-4,12,15H2,1H3,(H,31,32). The van der Waals surface area contributed by atoms with Gasteiger partial charge in [-0.2, -0.15) is 4.39 Å². The number of benzene rings is 2. The van der Waals surface area contributed by atoms with Gasteiger partial charge >= 0.3 is 6.09 Å². The Hall–Kier alpha value is -4.14. The number of piperidine rings is 1. The van der Waals surface area contributed by atoms with Crippen LogP contribution in [0.4, 0.5) is 9.18 Å². The first-order chi connectivity index (χ1) is 16.5. The number of carboxylic acid groups (broad SMARTS) is 1. The maximum Gasteiger partial charge on any atom is 0.407 e. The molecule has 1 amide bonds. The second kappa shape index (κ2) is 9.01. The van der Waals surface area contributed by atoms with E-state index in [9.17, 15) is 14.3 Å². The van der Waals surface area contributed by atoms with Crippen molar-refractivity contribution in [3.05, 3.63) is 72.7 Å². The monoisotopic (exact) mass is 462 g/mol. The molecular weight excluding hydrogens is 439 g/mol. The van der Waals surface area contributed by atoms with Crippen LogP contribution in [-0.2, 0) is 0 Å². The summed E-state index contributed by atoms with van der Waals surface area (Å²) in [5.41, 5.74) is 2.42. The van der Waals surface area contributed by atoms with E-state index < -0.39 is 11.9 Å². The van der Waals surface area contributed by atoms with Crippen LogP contribution >= 0.6 is 0 Å². The molecule has 4 aromatic rings. The van der Waals surface area contributed by atoms with E-state index in [2.05, 4.69) is 4.98 Å². The van der Waals surface area contributed by atoms with Crippen molar-refractivity contribution in [3.63, 3.8) is 0 Å². The highest BCUT2D eigenvalue weighted by Gasteiger charge is 2.28. The van der Waals surface area contributed by atoms with E-state index in [0.29, 0.717) is 18.8 Å². The Morgan fingerprint density at radius 3 is 2.74 bits per heavy atom. The van der Waals surface area contributed by atoms with E-state index in [4.69, 9.17) is 14.5 Å². The predicted molar refractivity (Wildman–Crippen MR) is 123 cm³/mol. The van der Waals surface area contributed by atoms with Gasteiger partial charge < -0.3 is 19.5 Å². The Bertz CT molecular complexity index is 1340. The largest absolute Gasteiger partial charge is 0.494 e. The van der Waals surface area contributed by atoms with Crippen LogP contribution in [0.2, 0.25) is 0 Å². The van der Waals surface area contributed by atoms with E-state index in [-0.39, 0.29) is 17.4 Å². The minimum Gasteiger partial charge on any atom is -0.494 e. The number of hydrogen-bond donors (Lipinski definition) is 1. The quantitative estimate of drug-likeness (QED) is 0.439. The van der Waals surface area contributed by atoms with Crippen molar-refractivity contribution < 1.29 is 23.8 Å². The number of hydrogen-bond acceptors (Lipinski definition) is 5. The smallest absolute Gasteiger partial charge is 0.407 e. The van der Waals surface area contributed by atoms with Crippen molar-refractivity contribution in [2.45, 2.75) is 18.8 Å². The SMILES string of the molecule is COc1cccc(Oc2ccc(-c3nc(C4CCCN(C(=O)O)C4)n4ccncc34)cc2)c1F. The number of methoxy groups -OCH3 is 1. The first-order valence-electron chi connectivity index (χ1n) is 11.0. The summed E-state index contributed by atoms with van der Waals surface area (Å²) in [7, 11) is 1.40. The van der Waals surface area contributed by atoms with Crippen LogP contribution in [0.5, 0.6) is 17.2 Å². The van der Waals surface area contributed by atoms with Crippen molar-refractivity contribution in [2.75, 3.05) is 20.2 Å². The molecule has 0 spiro atoms. The number of ether oxygens (including phenoxy) is 2. The van der Waals surface area contributed by atoms with Gasteiger partial charge in [0, 0.05) is 37.0 Å². The van der Waals surface area contributed by atoms with Crippen LogP contribution in [0.1, 0.15) is 24.6 Å². The number of aromatic nitrogens is 3. The third-order valence-electron chi connectivity index (χ3n) is 6.03. The molecule has 0 bridgehead atoms. The number of nitrogens with zero attached hydrogens (tertiary/aromatic N) is 4. The third-order valence-corrected chi connectivity index (χ3v) is 6.03. The van der Waals surface area contributed by atoms with Crippen LogP contribution in [0, 0.1) is 5.82 Å². The minimum absolute atomic E-state index is 0.00728. The molecule has 0 aliphatic carbocycles. The van der Waals surface area contributed by atoms with Crippen molar-refractivity contribution >= 4 is 11.6 Å². The molecule has 2 aromatic carbocycles. The van der Waals surface area contributed by atoms with Crippen LogP contribution < -0.4 is 9.47 Å². The Balaban J connectivity index is 1.45. The highest BCUT2D eigenvalue weighted by Crippen LogP contribution is 2.34. The summed E-state index contributed by atoms with van der Waals surface area (Å²) in [4.78, 5) is 22.1. The average Bonchev–Trinajstić information content (AvgIpc) is 3.26. The summed E-state index contributed by atoms with van der Waals surface area (Å²) in [5.74, 6) is 0.910. The fourth-order valence-electron chi connectivity index (χ4n) is 4.36. The van der Waals surface area contributed by atoms with E-state index >= 15 is 0 Å². The van der Waals surface area contributed by atoms with Gasteiger partial charge in [0.2, 0.25) is 5.82 Å². The van der Waals surface area contributed by atoms with E-state index in [1.807, 2.05) is 22.7 Å². The zero-order valence-corrected chi connectivity index (χ0v) is 18.5. The molecule has 8 nitrogen and oxygen atoms in total. The summed E-state index contributed by atoms with van der Waals surface area (Å²) in [5, 5.41) is 9.42. The number of rotatable bonds is 5. The van der Waals surface area contributed by atoms with Crippen molar-refractivity contribution in [2.24, 2.45) is 0 Å². The van der Waals surface area contributed by atoms with Gasteiger partial charge in [-0.3, -0.25) is 9.38 Å². The van der Waals surface area contributed by atoms with Gasteiger partial charge in [-0.25, -0.2) is 9.78 Å². The molecule has 1 saturated heterocycles. The lowest BCUT2D eigenvalue weighted by molar-refractivity contribution is 0.129. The number of halogens is 1. The Kier molecular flexibility index (Phi) is 5.75. The summed E-state index contributed by atoms with van der Waals surface area (Å²) in [6.07, 6.45) is 6.04. The molecule has 174 valence electrons. The molecule has 1 aliphatic rings. The van der Waals surface area contributed by atoms with Crippen LogP contribution in [-0.4, -0.2) is 50.7 Å². The maximum atomic E-state index is 14.4. The summed E-state index contributed by atoms with van der Waals surface area (Å²) >= 11 is 0. The summed E-state index contributed by atoms with van der Waals surface area (Å²) < 4.78 is 27.1. The van der Waals surface area contributed by atoms with Crippen molar-refractivity contribution in [3.8, 4) is 28.5 Å². The zero-order valence-electron chi connectivity index (χ0n) is 18.5. The van der Waals surface area contributed by atoms with Crippen LogP contribution in [0.3, 0.4) is 0 Å². The molecule has 9 heteroatoms. The Morgan fingerprint density at radius 1 is 1.18 bits per heavy atom. The molecule has 1 fully saturated rings. The van der Waals surface area contributed by atoms with Crippen LogP contribution in [0.25, 0.3) is 16.8 Å². The topological polar surface area (TPSA) is 89.2 Å². The Morgan fingerprint density at radius 2 is 1.97 bits per heavy atom. The third kappa shape index (κ3) is 4.00. The van der Waals surface area contributed by atoms with Crippen molar-refractivity contribution in [1.82, 2.24) is 19.3 Å². The fraction of sp³-hybridized carbons (Fsp3) is 0.240. The molecule has 2 aromatic heterocycles. The number of amides is 1. The normalized spacial score (nSPS) is 15.9. The number of fused-ring (bicyclic) bond motifs is 1. The molecule has 5 rings (SSSR count). The lowest BCUT2D eigenvalue weighted by atomic mass is 9.97. The van der Waals surface area contributed by atoms with Gasteiger partial charge in [0.15, 0.2) is 11.5 Å². The molecule has 1 aliphatic heterocycles. The van der Waals surface area contributed by atoms with Gasteiger partial charge in [-0.1, -0.05) is 6.07 Å². The number of carbonyl (C=O) groups is 1. The zero-order chi connectivity index (χ0) is 23.7. The molecule has 1 unspecified atom stereocenters. The van der Waals surface area contributed by atoms with Crippen LogP contribution in [0.15, 0.2) is 61.1 Å². The van der Waals surface area contributed by atoms with Gasteiger partial charge in [-0.15, -0.1) is 0 Å². The summed E-state index contributed by atoms with van der Waals surface area (Å²) in [6, 6.07) is 12.0. The van der Waals surface area contributed by atoms with Gasteiger partial charge in [-0.05, 0) is 49.2 Å². The molecule has 0 saturated carbocycles. The van der Waals surface area contributed by atoms with Gasteiger partial charge in [0.1, 0.15) is 11.6 Å². The first-order valence-corrected chi connectivity index (χ1v) is 11.0. The lowest BCUT2D eigenvalue weighted by Crippen LogP contribution is -2.38. The van der Waals surface area contributed by atoms with E-state index in [0.717, 1.165) is 35.4 Å². The molecular formula is C25H23FN4O4. The molecule has 3 heterocycles. The Labute approximate surface area is 195 Å². The number of imidazole rings is 1. The minimum atomic E-state index is -0.907. The number of likely N-dealkylation sites (tertiary alicyclic amines) is 1. The maximum absolute atomic E-state index is 14.4. The molecule has 1 N–H and O–H groups in total. The molecule has 34 heavy (non-hydrogen) atoms. The van der Waals surface area contributed by atoms with Gasteiger partial charge in [0.05, 0.1) is 24.5 Å².